The lowest BCUT2D eigenvalue weighted by Gasteiger charge is -2.12. The zero-order chi connectivity index (χ0) is 15.2. The third-order valence-corrected chi connectivity index (χ3v) is 5.60. The molecule has 1 rings (SSSR count). The van der Waals surface area contributed by atoms with Gasteiger partial charge in [0.25, 0.3) is 0 Å². The lowest BCUT2D eigenvalue weighted by Crippen LogP contribution is -2.34. The minimum Gasteiger partial charge on any atom is -0.349 e. The summed E-state index contributed by atoms with van der Waals surface area (Å²) in [5.74, 6) is 1.78. The molecule has 2 N–H and O–H groups in total. The lowest BCUT2D eigenvalue weighted by molar-refractivity contribution is 0.570. The Bertz CT molecular complexity index is 512. The Kier molecular flexibility index (Phi) is 7.08. The Balaban J connectivity index is 2.86. The maximum absolute atomic E-state index is 12.3. The molecule has 1 aromatic heterocycles. The monoisotopic (exact) mass is 319 g/mol. The standard InChI is InChI=1S/C13H25N3O2S2/c1-5-16-9-13(7-12(16)8-14-4)20(17,18)15-11(3)10-19-6-2/h7,9,11,14-15H,5-6,8,10H2,1-4H3. The van der Waals surface area contributed by atoms with Gasteiger partial charge in [-0.05, 0) is 32.7 Å². The highest BCUT2D eigenvalue weighted by Crippen LogP contribution is 2.15. The molecule has 0 fully saturated rings. The van der Waals surface area contributed by atoms with Crippen LogP contribution in [0.2, 0.25) is 0 Å². The fraction of sp³-hybridized carbons (Fsp3) is 0.692. The first kappa shape index (κ1) is 17.6. The van der Waals surface area contributed by atoms with E-state index >= 15 is 0 Å². The molecule has 5 nitrogen and oxygen atoms in total. The first-order chi connectivity index (χ1) is 9.44. The number of hydrogen-bond donors (Lipinski definition) is 2. The molecule has 1 aromatic rings. The second-order valence-electron chi connectivity index (χ2n) is 4.67. The van der Waals surface area contributed by atoms with E-state index in [1.54, 1.807) is 24.0 Å². The number of hydrogen-bond acceptors (Lipinski definition) is 4. The Labute approximate surface area is 126 Å². The van der Waals surface area contributed by atoms with E-state index in [2.05, 4.69) is 17.0 Å². The number of nitrogens with zero attached hydrogens (tertiary/aromatic N) is 1. The molecule has 0 aliphatic heterocycles. The molecule has 0 bridgehead atoms. The van der Waals surface area contributed by atoms with Gasteiger partial charge in [0.15, 0.2) is 0 Å². The third kappa shape index (κ3) is 4.80. The largest absolute Gasteiger partial charge is 0.349 e. The SMILES string of the molecule is CCSCC(C)NS(=O)(=O)c1cc(CNC)n(CC)c1. The Hall–Kier alpha value is -0.500. The molecule has 0 radical (unpaired) electrons. The van der Waals surface area contributed by atoms with Crippen LogP contribution in [0.15, 0.2) is 17.2 Å². The summed E-state index contributed by atoms with van der Waals surface area (Å²) < 4.78 is 29.4. The van der Waals surface area contributed by atoms with Crippen molar-refractivity contribution in [1.29, 1.82) is 0 Å². The summed E-state index contributed by atoms with van der Waals surface area (Å²) in [4.78, 5) is 0.345. The molecular formula is C13H25N3O2S2. The van der Waals surface area contributed by atoms with Gasteiger partial charge in [0.05, 0.1) is 4.90 Å². The smallest absolute Gasteiger partial charge is 0.242 e. The molecule has 0 spiro atoms. The maximum Gasteiger partial charge on any atom is 0.242 e. The molecule has 1 unspecified atom stereocenters. The van der Waals surface area contributed by atoms with Crippen LogP contribution < -0.4 is 10.0 Å². The summed E-state index contributed by atoms with van der Waals surface area (Å²) >= 11 is 1.73. The molecule has 0 aliphatic rings. The van der Waals surface area contributed by atoms with E-state index in [9.17, 15) is 8.42 Å². The van der Waals surface area contributed by atoms with Crippen LogP contribution in [-0.2, 0) is 23.1 Å². The van der Waals surface area contributed by atoms with Crippen molar-refractivity contribution in [1.82, 2.24) is 14.6 Å². The quantitative estimate of drug-likeness (QED) is 0.726. The molecule has 116 valence electrons. The van der Waals surface area contributed by atoms with Gasteiger partial charge < -0.3 is 9.88 Å². The predicted molar refractivity (Wildman–Crippen MR) is 85.7 cm³/mol. The molecule has 0 amide bonds. The number of sulfonamides is 1. The average Bonchev–Trinajstić information content (AvgIpc) is 2.80. The van der Waals surface area contributed by atoms with E-state index in [1.807, 2.05) is 25.5 Å². The van der Waals surface area contributed by atoms with E-state index in [1.165, 1.54) is 0 Å². The summed E-state index contributed by atoms with van der Waals surface area (Å²) in [6.45, 7) is 7.38. The van der Waals surface area contributed by atoms with E-state index in [-0.39, 0.29) is 6.04 Å². The Morgan fingerprint density at radius 1 is 1.40 bits per heavy atom. The van der Waals surface area contributed by atoms with Crippen LogP contribution in [0, 0.1) is 0 Å². The Morgan fingerprint density at radius 2 is 2.10 bits per heavy atom. The van der Waals surface area contributed by atoms with E-state index in [0.717, 1.165) is 23.7 Å². The maximum atomic E-state index is 12.3. The first-order valence-corrected chi connectivity index (χ1v) is 9.52. The van der Waals surface area contributed by atoms with E-state index in [4.69, 9.17) is 0 Å². The highest BCUT2D eigenvalue weighted by Gasteiger charge is 2.20. The van der Waals surface area contributed by atoms with Gasteiger partial charge in [-0.3, -0.25) is 0 Å². The topological polar surface area (TPSA) is 63.1 Å². The number of rotatable bonds is 9. The van der Waals surface area contributed by atoms with Gasteiger partial charge in [-0.15, -0.1) is 0 Å². The van der Waals surface area contributed by atoms with Gasteiger partial charge in [0, 0.05) is 36.8 Å². The van der Waals surface area contributed by atoms with Gasteiger partial charge in [0.1, 0.15) is 0 Å². The van der Waals surface area contributed by atoms with Gasteiger partial charge >= 0.3 is 0 Å². The van der Waals surface area contributed by atoms with Crippen LogP contribution in [0.5, 0.6) is 0 Å². The molecule has 0 saturated heterocycles. The molecule has 20 heavy (non-hydrogen) atoms. The first-order valence-electron chi connectivity index (χ1n) is 6.88. The number of nitrogens with one attached hydrogen (secondary N) is 2. The zero-order valence-corrected chi connectivity index (χ0v) is 14.3. The molecule has 0 aromatic carbocycles. The molecule has 7 heteroatoms. The van der Waals surface area contributed by atoms with Crippen molar-refractivity contribution in [2.24, 2.45) is 0 Å². The average molecular weight is 319 g/mol. The fourth-order valence-electron chi connectivity index (χ4n) is 1.96. The van der Waals surface area contributed by atoms with Crippen LogP contribution in [0.4, 0.5) is 0 Å². The number of thioether (sulfide) groups is 1. The van der Waals surface area contributed by atoms with Crippen molar-refractivity contribution in [2.75, 3.05) is 18.6 Å². The summed E-state index contributed by atoms with van der Waals surface area (Å²) in [6.07, 6.45) is 1.70. The minimum atomic E-state index is -3.43. The number of aromatic nitrogens is 1. The molecule has 0 aliphatic carbocycles. The van der Waals surface area contributed by atoms with E-state index in [0.29, 0.717) is 11.4 Å². The number of aryl methyl sites for hydroxylation is 1. The van der Waals surface area contributed by atoms with Crippen molar-refractivity contribution >= 4 is 21.8 Å². The summed E-state index contributed by atoms with van der Waals surface area (Å²) in [5.41, 5.74) is 0.978. The minimum absolute atomic E-state index is 0.0670. The van der Waals surface area contributed by atoms with Gasteiger partial charge in [-0.2, -0.15) is 11.8 Å². The second kappa shape index (κ2) is 8.07. The van der Waals surface area contributed by atoms with Crippen LogP contribution in [-0.4, -0.2) is 37.6 Å². The Morgan fingerprint density at radius 3 is 2.65 bits per heavy atom. The lowest BCUT2D eigenvalue weighted by atomic mass is 10.4. The zero-order valence-electron chi connectivity index (χ0n) is 12.6. The van der Waals surface area contributed by atoms with Crippen LogP contribution in [0.1, 0.15) is 26.5 Å². The molecule has 1 atom stereocenters. The van der Waals surface area contributed by atoms with Crippen LogP contribution >= 0.6 is 11.8 Å². The van der Waals surface area contributed by atoms with Crippen molar-refractivity contribution < 1.29 is 8.42 Å². The molecular weight excluding hydrogens is 294 g/mol. The van der Waals surface area contributed by atoms with Crippen molar-refractivity contribution in [3.63, 3.8) is 0 Å². The highest BCUT2D eigenvalue weighted by molar-refractivity contribution is 7.99. The molecule has 1 heterocycles. The second-order valence-corrected chi connectivity index (χ2v) is 7.70. The normalized spacial score (nSPS) is 13.6. The van der Waals surface area contributed by atoms with Crippen LogP contribution in [0.3, 0.4) is 0 Å². The van der Waals surface area contributed by atoms with Gasteiger partial charge in [-0.1, -0.05) is 6.92 Å². The van der Waals surface area contributed by atoms with Crippen molar-refractivity contribution in [3.8, 4) is 0 Å². The van der Waals surface area contributed by atoms with Gasteiger partial charge in [-0.25, -0.2) is 13.1 Å². The van der Waals surface area contributed by atoms with Crippen molar-refractivity contribution in [2.45, 2.75) is 44.8 Å². The van der Waals surface area contributed by atoms with Gasteiger partial charge in [0.2, 0.25) is 10.0 Å². The highest BCUT2D eigenvalue weighted by atomic mass is 32.2. The summed E-state index contributed by atoms with van der Waals surface area (Å²) in [6, 6.07) is 1.67. The summed E-state index contributed by atoms with van der Waals surface area (Å²) in [7, 11) is -1.58. The predicted octanol–water partition coefficient (Wildman–Crippen LogP) is 1.65. The fourth-order valence-corrected chi connectivity index (χ4v) is 4.04. The van der Waals surface area contributed by atoms with Crippen molar-refractivity contribution in [3.05, 3.63) is 18.0 Å². The van der Waals surface area contributed by atoms with E-state index < -0.39 is 10.0 Å². The molecule has 0 saturated carbocycles. The summed E-state index contributed by atoms with van der Waals surface area (Å²) in [5, 5.41) is 3.05. The van der Waals surface area contributed by atoms with Crippen LogP contribution in [0.25, 0.3) is 0 Å². The third-order valence-electron chi connectivity index (χ3n) is 2.90.